The van der Waals surface area contributed by atoms with Crippen molar-refractivity contribution in [3.63, 3.8) is 0 Å². The van der Waals surface area contributed by atoms with Crippen LogP contribution in [0.3, 0.4) is 0 Å². The van der Waals surface area contributed by atoms with Crippen LogP contribution in [0.25, 0.3) is 0 Å². The zero-order valence-corrected chi connectivity index (χ0v) is 17.9. The fourth-order valence-corrected chi connectivity index (χ4v) is 4.32. The molecule has 3 rings (SSSR count). The number of carbonyl (C=O) groups is 1. The van der Waals surface area contributed by atoms with Gasteiger partial charge in [0.25, 0.3) is 0 Å². The van der Waals surface area contributed by atoms with E-state index in [1.54, 1.807) is 12.1 Å². The van der Waals surface area contributed by atoms with Crippen LogP contribution in [0.1, 0.15) is 29.5 Å². The van der Waals surface area contributed by atoms with Gasteiger partial charge in [-0.25, -0.2) is 8.42 Å². The molecule has 1 aliphatic rings. The first kappa shape index (κ1) is 21.3. The van der Waals surface area contributed by atoms with Gasteiger partial charge in [0.15, 0.2) is 0 Å². The fraction of sp³-hybridized carbons (Fsp3) is 0.409. The van der Waals surface area contributed by atoms with Gasteiger partial charge in [-0.3, -0.25) is 14.0 Å². The van der Waals surface area contributed by atoms with Crippen LogP contribution < -0.4 is 9.62 Å². The minimum atomic E-state index is -3.56. The molecule has 1 aliphatic heterocycles. The van der Waals surface area contributed by atoms with Gasteiger partial charge in [-0.2, -0.15) is 0 Å². The summed E-state index contributed by atoms with van der Waals surface area (Å²) in [5.74, 6) is -0.336. The fourth-order valence-electron chi connectivity index (χ4n) is 3.46. The molecule has 0 atom stereocenters. The van der Waals surface area contributed by atoms with Gasteiger partial charge in [0.1, 0.15) is 6.54 Å². The van der Waals surface area contributed by atoms with Gasteiger partial charge >= 0.3 is 0 Å². The molecule has 6 nitrogen and oxygen atoms in total. The van der Waals surface area contributed by atoms with Gasteiger partial charge in [0, 0.05) is 13.1 Å². The van der Waals surface area contributed by atoms with Gasteiger partial charge in [0.2, 0.25) is 15.9 Å². The lowest BCUT2D eigenvalue weighted by atomic mass is 10.1. The van der Waals surface area contributed by atoms with E-state index in [2.05, 4.69) is 22.3 Å². The number of nitrogens with one attached hydrogen (secondary N) is 1. The molecule has 1 amide bonds. The van der Waals surface area contributed by atoms with Gasteiger partial charge in [0.05, 0.1) is 11.9 Å². The minimum absolute atomic E-state index is 0.241. The predicted molar refractivity (Wildman–Crippen MR) is 116 cm³/mol. The van der Waals surface area contributed by atoms with E-state index < -0.39 is 10.0 Å². The van der Waals surface area contributed by atoms with Crippen molar-refractivity contribution in [1.82, 2.24) is 10.2 Å². The molecule has 156 valence electrons. The average molecular weight is 416 g/mol. The maximum Gasteiger partial charge on any atom is 0.241 e. The Morgan fingerprint density at radius 2 is 1.59 bits per heavy atom. The summed E-state index contributed by atoms with van der Waals surface area (Å²) in [7, 11) is -3.56. The van der Waals surface area contributed by atoms with E-state index in [0.29, 0.717) is 12.2 Å². The van der Waals surface area contributed by atoms with Crippen LogP contribution in [0.5, 0.6) is 0 Å². The molecule has 1 saturated heterocycles. The molecule has 2 aromatic carbocycles. The molecule has 0 aliphatic carbocycles. The first-order chi connectivity index (χ1) is 13.8. The number of likely N-dealkylation sites (tertiary alicyclic amines) is 1. The Kier molecular flexibility index (Phi) is 6.92. The first-order valence-electron chi connectivity index (χ1n) is 9.92. The van der Waals surface area contributed by atoms with Gasteiger partial charge < -0.3 is 5.32 Å². The van der Waals surface area contributed by atoms with Gasteiger partial charge in [-0.05, 0) is 56.1 Å². The molecule has 0 aromatic heterocycles. The zero-order valence-electron chi connectivity index (χ0n) is 17.1. The summed E-state index contributed by atoms with van der Waals surface area (Å²) in [6, 6.07) is 15.3. The number of hydrogen-bond acceptors (Lipinski definition) is 4. The van der Waals surface area contributed by atoms with Gasteiger partial charge in [-0.15, -0.1) is 0 Å². The van der Waals surface area contributed by atoms with Crippen molar-refractivity contribution in [2.24, 2.45) is 0 Å². The molecule has 0 spiro atoms. The molecule has 7 heteroatoms. The van der Waals surface area contributed by atoms with Crippen molar-refractivity contribution < 1.29 is 13.2 Å². The van der Waals surface area contributed by atoms with Crippen LogP contribution in [0.4, 0.5) is 5.69 Å². The SMILES string of the molecule is Cc1ccc(N(CC(=O)NCc2ccc(CN3CCCC3)cc2)S(C)(=O)=O)cc1. The quantitative estimate of drug-likeness (QED) is 0.720. The second-order valence-corrected chi connectivity index (χ2v) is 9.59. The van der Waals surface area contributed by atoms with E-state index in [4.69, 9.17) is 0 Å². The molecule has 1 fully saturated rings. The standard InChI is InChI=1S/C22H29N3O3S/c1-18-5-11-21(12-6-18)25(29(2,27)28)17-22(26)23-15-19-7-9-20(10-8-19)16-24-13-3-4-14-24/h5-12H,3-4,13-17H2,1-2H3,(H,23,26). The zero-order chi connectivity index (χ0) is 20.9. The topological polar surface area (TPSA) is 69.7 Å². The Morgan fingerprint density at radius 1 is 1.00 bits per heavy atom. The molecule has 0 bridgehead atoms. The number of amides is 1. The highest BCUT2D eigenvalue weighted by atomic mass is 32.2. The summed E-state index contributed by atoms with van der Waals surface area (Å²) in [5, 5.41) is 2.82. The highest BCUT2D eigenvalue weighted by Crippen LogP contribution is 2.18. The highest BCUT2D eigenvalue weighted by molar-refractivity contribution is 7.92. The van der Waals surface area contributed by atoms with Crippen LogP contribution >= 0.6 is 0 Å². The Morgan fingerprint density at radius 3 is 2.17 bits per heavy atom. The molecule has 0 radical (unpaired) electrons. The highest BCUT2D eigenvalue weighted by Gasteiger charge is 2.20. The number of benzene rings is 2. The third-order valence-corrected chi connectivity index (χ3v) is 6.27. The summed E-state index contributed by atoms with van der Waals surface area (Å²) in [6.07, 6.45) is 3.66. The van der Waals surface area contributed by atoms with Gasteiger partial charge in [-0.1, -0.05) is 42.0 Å². The van der Waals surface area contributed by atoms with Crippen molar-refractivity contribution >= 4 is 21.6 Å². The number of hydrogen-bond donors (Lipinski definition) is 1. The predicted octanol–water partition coefficient (Wildman–Crippen LogP) is 2.67. The first-order valence-corrected chi connectivity index (χ1v) is 11.8. The largest absolute Gasteiger partial charge is 0.350 e. The van der Waals surface area contributed by atoms with Crippen molar-refractivity contribution in [2.75, 3.05) is 30.2 Å². The van der Waals surface area contributed by atoms with Crippen LogP contribution in [-0.2, 0) is 27.9 Å². The summed E-state index contributed by atoms with van der Waals surface area (Å²) in [4.78, 5) is 14.8. The lowest BCUT2D eigenvalue weighted by molar-refractivity contribution is -0.119. The molecule has 1 heterocycles. The molecule has 1 N–H and O–H groups in total. The van der Waals surface area contributed by atoms with Crippen molar-refractivity contribution in [1.29, 1.82) is 0 Å². The van der Waals surface area contributed by atoms with Crippen molar-refractivity contribution in [3.05, 3.63) is 65.2 Å². The maximum absolute atomic E-state index is 12.4. The second-order valence-electron chi connectivity index (χ2n) is 7.68. The Hall–Kier alpha value is -2.38. The van der Waals surface area contributed by atoms with E-state index in [1.165, 1.54) is 18.4 Å². The van der Waals surface area contributed by atoms with Crippen LogP contribution in [0.2, 0.25) is 0 Å². The summed E-state index contributed by atoms with van der Waals surface area (Å²) in [6.45, 7) is 5.35. The van der Waals surface area contributed by atoms with E-state index >= 15 is 0 Å². The summed E-state index contributed by atoms with van der Waals surface area (Å²) < 4.78 is 25.4. The van der Waals surface area contributed by atoms with E-state index in [1.807, 2.05) is 31.2 Å². The average Bonchev–Trinajstić information content (AvgIpc) is 3.19. The lowest BCUT2D eigenvalue weighted by Gasteiger charge is -2.22. The Balaban J connectivity index is 1.55. The lowest BCUT2D eigenvalue weighted by Crippen LogP contribution is -2.40. The Bertz CT molecular complexity index is 919. The van der Waals surface area contributed by atoms with Crippen molar-refractivity contribution in [3.8, 4) is 0 Å². The normalized spacial score (nSPS) is 14.7. The maximum atomic E-state index is 12.4. The third kappa shape index (κ3) is 6.30. The monoisotopic (exact) mass is 415 g/mol. The van der Waals surface area contributed by atoms with Crippen LogP contribution in [0.15, 0.2) is 48.5 Å². The minimum Gasteiger partial charge on any atom is -0.350 e. The number of sulfonamides is 1. The smallest absolute Gasteiger partial charge is 0.241 e. The summed E-state index contributed by atoms with van der Waals surface area (Å²) >= 11 is 0. The second kappa shape index (κ2) is 9.41. The molecule has 0 saturated carbocycles. The molecular weight excluding hydrogens is 386 g/mol. The van der Waals surface area contributed by atoms with Crippen molar-refractivity contribution in [2.45, 2.75) is 32.9 Å². The number of nitrogens with zero attached hydrogens (tertiary/aromatic N) is 2. The molecule has 0 unspecified atom stereocenters. The number of anilines is 1. The number of aryl methyl sites for hydroxylation is 1. The summed E-state index contributed by atoms with van der Waals surface area (Å²) in [5.41, 5.74) is 3.77. The Labute approximate surface area is 173 Å². The molecular formula is C22H29N3O3S. The van der Waals surface area contributed by atoms with E-state index in [9.17, 15) is 13.2 Å². The third-order valence-electron chi connectivity index (χ3n) is 5.13. The number of carbonyl (C=O) groups excluding carboxylic acids is 1. The molecule has 2 aromatic rings. The van der Waals surface area contributed by atoms with Crippen LogP contribution in [0, 0.1) is 6.92 Å². The molecule has 29 heavy (non-hydrogen) atoms. The number of rotatable bonds is 8. The van der Waals surface area contributed by atoms with E-state index in [-0.39, 0.29) is 12.5 Å². The van der Waals surface area contributed by atoms with Crippen LogP contribution in [-0.4, -0.2) is 45.1 Å². The van der Waals surface area contributed by atoms with E-state index in [0.717, 1.165) is 41.3 Å².